The molecule has 0 fully saturated rings. The minimum atomic E-state index is -0.129. The van der Waals surface area contributed by atoms with Crippen LogP contribution in [0.25, 0.3) is 10.9 Å². The SMILES string of the molecule is NC(c1ccc2ncccc2c1)c1nc2c(s1)CCC2. The summed E-state index contributed by atoms with van der Waals surface area (Å²) in [6.07, 6.45) is 5.33. The van der Waals surface area contributed by atoms with Crippen molar-refractivity contribution in [3.05, 3.63) is 57.7 Å². The van der Waals surface area contributed by atoms with Crippen LogP contribution >= 0.6 is 11.3 Å². The molecule has 0 bridgehead atoms. The second kappa shape index (κ2) is 4.65. The summed E-state index contributed by atoms with van der Waals surface area (Å²) in [7, 11) is 0. The number of nitrogens with two attached hydrogens (primary N) is 1. The molecule has 4 rings (SSSR count). The lowest BCUT2D eigenvalue weighted by Gasteiger charge is -2.10. The zero-order chi connectivity index (χ0) is 13.5. The molecule has 3 nitrogen and oxygen atoms in total. The second-order valence-electron chi connectivity index (χ2n) is 5.21. The number of fused-ring (bicyclic) bond motifs is 2. The maximum absolute atomic E-state index is 6.40. The number of hydrogen-bond acceptors (Lipinski definition) is 4. The maximum Gasteiger partial charge on any atom is 0.114 e. The molecule has 0 aliphatic heterocycles. The van der Waals surface area contributed by atoms with Crippen LogP contribution in [-0.2, 0) is 12.8 Å². The number of aryl methyl sites for hydroxylation is 2. The third-order valence-corrected chi connectivity index (χ3v) is 5.10. The van der Waals surface area contributed by atoms with E-state index in [0.717, 1.165) is 27.9 Å². The molecule has 2 aromatic heterocycles. The fraction of sp³-hybridized carbons (Fsp3) is 0.250. The maximum atomic E-state index is 6.40. The van der Waals surface area contributed by atoms with Gasteiger partial charge in [-0.05, 0) is 43.0 Å². The zero-order valence-corrected chi connectivity index (χ0v) is 11.9. The van der Waals surface area contributed by atoms with Gasteiger partial charge in [-0.15, -0.1) is 11.3 Å². The molecule has 0 spiro atoms. The highest BCUT2D eigenvalue weighted by molar-refractivity contribution is 7.11. The van der Waals surface area contributed by atoms with Crippen molar-refractivity contribution in [1.29, 1.82) is 0 Å². The number of nitrogens with zero attached hydrogens (tertiary/aromatic N) is 2. The van der Waals surface area contributed by atoms with E-state index in [1.807, 2.05) is 18.3 Å². The highest BCUT2D eigenvalue weighted by Crippen LogP contribution is 2.32. The van der Waals surface area contributed by atoms with Crippen LogP contribution in [0.5, 0.6) is 0 Å². The van der Waals surface area contributed by atoms with Gasteiger partial charge in [0.25, 0.3) is 0 Å². The first-order valence-corrected chi connectivity index (χ1v) is 7.71. The Bertz CT molecular complexity index is 757. The van der Waals surface area contributed by atoms with Gasteiger partial charge in [-0.25, -0.2) is 4.98 Å². The summed E-state index contributed by atoms with van der Waals surface area (Å²) in [5.41, 5.74) is 9.78. The lowest BCUT2D eigenvalue weighted by atomic mass is 10.1. The predicted molar refractivity (Wildman–Crippen MR) is 81.9 cm³/mol. The molecule has 4 heteroatoms. The highest BCUT2D eigenvalue weighted by atomic mass is 32.1. The summed E-state index contributed by atoms with van der Waals surface area (Å²) < 4.78 is 0. The summed E-state index contributed by atoms with van der Waals surface area (Å²) in [6, 6.07) is 10.1. The second-order valence-corrected chi connectivity index (χ2v) is 6.32. The summed E-state index contributed by atoms with van der Waals surface area (Å²) in [5, 5.41) is 2.17. The Kier molecular flexibility index (Phi) is 2.79. The van der Waals surface area contributed by atoms with Gasteiger partial charge >= 0.3 is 0 Å². The van der Waals surface area contributed by atoms with Gasteiger partial charge in [0.05, 0.1) is 17.3 Å². The molecule has 3 aromatic rings. The van der Waals surface area contributed by atoms with Crippen LogP contribution in [0.2, 0.25) is 0 Å². The van der Waals surface area contributed by atoms with E-state index in [-0.39, 0.29) is 6.04 Å². The molecule has 2 N–H and O–H groups in total. The van der Waals surface area contributed by atoms with E-state index >= 15 is 0 Å². The minimum absolute atomic E-state index is 0.129. The molecular formula is C16H15N3S. The number of pyridine rings is 1. The number of rotatable bonds is 2. The van der Waals surface area contributed by atoms with Gasteiger partial charge in [0, 0.05) is 16.5 Å². The standard InChI is InChI=1S/C16H15N3S/c17-15(16-19-13-4-1-5-14(13)20-16)11-6-7-12-10(9-11)3-2-8-18-12/h2-3,6-9,15H,1,4-5,17H2. The topological polar surface area (TPSA) is 51.8 Å². The predicted octanol–water partition coefficient (Wildman–Crippen LogP) is 3.23. The molecule has 0 saturated carbocycles. The van der Waals surface area contributed by atoms with Gasteiger partial charge in [-0.3, -0.25) is 4.98 Å². The molecule has 0 amide bonds. The summed E-state index contributed by atoms with van der Waals surface area (Å²) in [4.78, 5) is 10.5. The van der Waals surface area contributed by atoms with Crippen LogP contribution in [0.15, 0.2) is 36.5 Å². The molecular weight excluding hydrogens is 266 g/mol. The Balaban J connectivity index is 1.73. The third-order valence-electron chi connectivity index (χ3n) is 3.86. The van der Waals surface area contributed by atoms with Gasteiger partial charge < -0.3 is 5.73 Å². The highest BCUT2D eigenvalue weighted by Gasteiger charge is 2.20. The van der Waals surface area contributed by atoms with Gasteiger partial charge in [-0.1, -0.05) is 12.1 Å². The minimum Gasteiger partial charge on any atom is -0.318 e. The molecule has 0 radical (unpaired) electrons. The first-order chi connectivity index (χ1) is 9.81. The monoisotopic (exact) mass is 281 g/mol. The molecule has 0 saturated heterocycles. The van der Waals surface area contributed by atoms with E-state index in [0.29, 0.717) is 0 Å². The fourth-order valence-corrected chi connectivity index (χ4v) is 3.96. The van der Waals surface area contributed by atoms with Crippen molar-refractivity contribution < 1.29 is 0 Å². The normalized spacial score (nSPS) is 15.4. The number of thiazole rings is 1. The molecule has 20 heavy (non-hydrogen) atoms. The van der Waals surface area contributed by atoms with Gasteiger partial charge in [0.15, 0.2) is 0 Å². The Morgan fingerprint density at radius 3 is 3.05 bits per heavy atom. The quantitative estimate of drug-likeness (QED) is 0.784. The Labute approximate surface area is 121 Å². The first kappa shape index (κ1) is 12.0. The Morgan fingerprint density at radius 1 is 1.20 bits per heavy atom. The van der Waals surface area contributed by atoms with Crippen LogP contribution in [0.4, 0.5) is 0 Å². The molecule has 100 valence electrons. The molecule has 1 atom stereocenters. The number of aromatic nitrogens is 2. The molecule has 1 aromatic carbocycles. The molecule has 1 unspecified atom stereocenters. The van der Waals surface area contributed by atoms with Gasteiger partial charge in [-0.2, -0.15) is 0 Å². The summed E-state index contributed by atoms with van der Waals surface area (Å²) in [5.74, 6) is 0. The smallest absolute Gasteiger partial charge is 0.114 e. The van der Waals surface area contributed by atoms with Gasteiger partial charge in [0.2, 0.25) is 0 Å². The number of benzene rings is 1. The van der Waals surface area contributed by atoms with Gasteiger partial charge in [0.1, 0.15) is 5.01 Å². The van der Waals surface area contributed by atoms with Crippen LogP contribution in [-0.4, -0.2) is 9.97 Å². The van der Waals surface area contributed by atoms with Crippen LogP contribution < -0.4 is 5.73 Å². The summed E-state index contributed by atoms with van der Waals surface area (Å²) >= 11 is 1.78. The van der Waals surface area contributed by atoms with E-state index < -0.39 is 0 Å². The van der Waals surface area contributed by atoms with E-state index in [1.54, 1.807) is 11.3 Å². The third kappa shape index (κ3) is 1.92. The van der Waals surface area contributed by atoms with Crippen molar-refractivity contribution in [1.82, 2.24) is 9.97 Å². The largest absolute Gasteiger partial charge is 0.318 e. The van der Waals surface area contributed by atoms with E-state index in [9.17, 15) is 0 Å². The average Bonchev–Trinajstić information content (AvgIpc) is 3.07. The molecule has 1 aliphatic rings. The van der Waals surface area contributed by atoms with E-state index in [2.05, 4.69) is 23.2 Å². The van der Waals surface area contributed by atoms with Crippen LogP contribution in [0.1, 0.15) is 33.6 Å². The summed E-state index contributed by atoms with van der Waals surface area (Å²) in [6.45, 7) is 0. The van der Waals surface area contributed by atoms with Crippen LogP contribution in [0.3, 0.4) is 0 Å². The van der Waals surface area contributed by atoms with Crippen molar-refractivity contribution in [2.45, 2.75) is 25.3 Å². The molecule has 1 aliphatic carbocycles. The average molecular weight is 281 g/mol. The fourth-order valence-electron chi connectivity index (χ4n) is 2.77. The van der Waals surface area contributed by atoms with Crippen LogP contribution in [0, 0.1) is 0 Å². The van der Waals surface area contributed by atoms with Crippen molar-refractivity contribution in [3.8, 4) is 0 Å². The lowest BCUT2D eigenvalue weighted by molar-refractivity contribution is 0.835. The van der Waals surface area contributed by atoms with Crippen molar-refractivity contribution in [3.63, 3.8) is 0 Å². The zero-order valence-electron chi connectivity index (χ0n) is 11.0. The lowest BCUT2D eigenvalue weighted by Crippen LogP contribution is -2.11. The Morgan fingerprint density at radius 2 is 2.15 bits per heavy atom. The van der Waals surface area contributed by atoms with Crippen molar-refractivity contribution in [2.75, 3.05) is 0 Å². The van der Waals surface area contributed by atoms with E-state index in [4.69, 9.17) is 10.7 Å². The number of hydrogen-bond donors (Lipinski definition) is 1. The van der Waals surface area contributed by atoms with Crippen molar-refractivity contribution >= 4 is 22.2 Å². The Hall–Kier alpha value is -1.78. The van der Waals surface area contributed by atoms with E-state index in [1.165, 1.54) is 23.4 Å². The molecule has 2 heterocycles. The first-order valence-electron chi connectivity index (χ1n) is 6.90. The van der Waals surface area contributed by atoms with Crippen molar-refractivity contribution in [2.24, 2.45) is 5.73 Å².